The van der Waals surface area contributed by atoms with Gasteiger partial charge in [0.15, 0.2) is 6.61 Å². The van der Waals surface area contributed by atoms with Gasteiger partial charge in [0.25, 0.3) is 5.91 Å². The minimum atomic E-state index is -0.121. The number of carbonyl (C=O) groups is 2. The van der Waals surface area contributed by atoms with Gasteiger partial charge in [0, 0.05) is 25.1 Å². The molecule has 0 aliphatic carbocycles. The van der Waals surface area contributed by atoms with E-state index in [1.54, 1.807) is 4.90 Å². The van der Waals surface area contributed by atoms with Gasteiger partial charge in [-0.25, -0.2) is 0 Å². The van der Waals surface area contributed by atoms with E-state index in [0.29, 0.717) is 18.8 Å². The van der Waals surface area contributed by atoms with Gasteiger partial charge < -0.3 is 19.9 Å². The van der Waals surface area contributed by atoms with E-state index in [-0.39, 0.29) is 24.8 Å². The Bertz CT molecular complexity index is 849. The molecule has 6 nitrogen and oxygen atoms in total. The number of benzene rings is 2. The van der Waals surface area contributed by atoms with Crippen LogP contribution in [0.2, 0.25) is 0 Å². The lowest BCUT2D eigenvalue weighted by molar-refractivity contribution is -0.910. The molecule has 0 fully saturated rings. The van der Waals surface area contributed by atoms with E-state index in [2.05, 4.69) is 31.3 Å². The Morgan fingerprint density at radius 1 is 1.07 bits per heavy atom. The van der Waals surface area contributed by atoms with Gasteiger partial charge >= 0.3 is 0 Å². The Labute approximate surface area is 172 Å². The zero-order chi connectivity index (χ0) is 20.6. The second-order valence-electron chi connectivity index (χ2n) is 7.23. The third kappa shape index (κ3) is 5.35. The highest BCUT2D eigenvalue weighted by atomic mass is 16.5. The number of hydrogen-bond donors (Lipinski definition) is 2. The highest BCUT2D eigenvalue weighted by molar-refractivity contribution is 5.98. The van der Waals surface area contributed by atoms with Crippen LogP contribution in [0.5, 0.6) is 5.75 Å². The Morgan fingerprint density at radius 3 is 2.52 bits per heavy atom. The van der Waals surface area contributed by atoms with Crippen molar-refractivity contribution in [1.82, 2.24) is 5.32 Å². The number of carbonyl (C=O) groups excluding carboxylic acids is 2. The van der Waals surface area contributed by atoms with Crippen LogP contribution in [0.15, 0.2) is 48.5 Å². The van der Waals surface area contributed by atoms with E-state index in [4.69, 9.17) is 4.74 Å². The molecule has 154 valence electrons. The van der Waals surface area contributed by atoms with E-state index >= 15 is 0 Å². The monoisotopic (exact) mass is 396 g/mol. The average molecular weight is 397 g/mol. The first-order valence-corrected chi connectivity index (χ1v) is 10.3. The minimum Gasteiger partial charge on any atom is -0.482 e. The number of hydrogen-bond acceptors (Lipinski definition) is 3. The molecule has 1 heterocycles. The summed E-state index contributed by atoms with van der Waals surface area (Å²) in [7, 11) is 0. The molecule has 29 heavy (non-hydrogen) atoms. The lowest BCUT2D eigenvalue weighted by atomic mass is 10.1. The number of rotatable bonds is 9. The largest absolute Gasteiger partial charge is 0.482 e. The molecule has 2 N–H and O–H groups in total. The summed E-state index contributed by atoms with van der Waals surface area (Å²) in [6.45, 7) is 8.35. The van der Waals surface area contributed by atoms with Crippen LogP contribution in [0.25, 0.3) is 0 Å². The van der Waals surface area contributed by atoms with E-state index < -0.39 is 0 Å². The second-order valence-corrected chi connectivity index (χ2v) is 7.23. The number of para-hydroxylation sites is 2. The van der Waals surface area contributed by atoms with Crippen LogP contribution in [-0.2, 0) is 22.7 Å². The lowest BCUT2D eigenvalue weighted by Crippen LogP contribution is -3.10. The molecule has 0 radical (unpaired) electrons. The van der Waals surface area contributed by atoms with Gasteiger partial charge in [0.05, 0.1) is 18.8 Å². The van der Waals surface area contributed by atoms with Gasteiger partial charge in [0.2, 0.25) is 5.91 Å². The standard InChI is InChI=1S/C23H29N3O3/c1-3-25(4-2)16-19-10-6-5-9-18(19)15-24-22(27)13-14-26-20-11-7-8-12-21(20)29-17-23(26)28/h5-12H,3-4,13-17H2,1-2H3,(H,24,27)/p+1. The molecule has 0 unspecified atom stereocenters. The Kier molecular flexibility index (Phi) is 7.25. The highest BCUT2D eigenvalue weighted by Gasteiger charge is 2.25. The van der Waals surface area contributed by atoms with Crippen LogP contribution in [0.4, 0.5) is 5.69 Å². The number of nitrogens with zero attached hydrogens (tertiary/aromatic N) is 1. The summed E-state index contributed by atoms with van der Waals surface area (Å²) in [5, 5.41) is 3.01. The number of ether oxygens (including phenoxy) is 1. The molecule has 0 saturated heterocycles. The second kappa shape index (κ2) is 10.1. The molecular formula is C23H30N3O3+. The maximum absolute atomic E-state index is 12.4. The fourth-order valence-electron chi connectivity index (χ4n) is 3.57. The molecule has 3 rings (SSSR count). The van der Waals surface area contributed by atoms with Crippen LogP contribution >= 0.6 is 0 Å². The van der Waals surface area contributed by atoms with Gasteiger partial charge in [-0.2, -0.15) is 0 Å². The van der Waals surface area contributed by atoms with Crippen LogP contribution in [-0.4, -0.2) is 38.1 Å². The van der Waals surface area contributed by atoms with Gasteiger partial charge in [0.1, 0.15) is 12.3 Å². The molecule has 0 saturated carbocycles. The van der Waals surface area contributed by atoms with Crippen LogP contribution in [0, 0.1) is 0 Å². The normalized spacial score (nSPS) is 13.2. The summed E-state index contributed by atoms with van der Waals surface area (Å²) in [5.74, 6) is 0.496. The van der Waals surface area contributed by atoms with Crippen molar-refractivity contribution >= 4 is 17.5 Å². The van der Waals surface area contributed by atoms with Crippen molar-refractivity contribution in [3.05, 3.63) is 59.7 Å². The first-order valence-electron chi connectivity index (χ1n) is 10.3. The molecule has 2 amide bonds. The third-order valence-corrected chi connectivity index (χ3v) is 5.41. The molecule has 1 aliphatic heterocycles. The van der Waals surface area contributed by atoms with Gasteiger partial charge in [-0.05, 0) is 31.5 Å². The zero-order valence-corrected chi connectivity index (χ0v) is 17.2. The topological polar surface area (TPSA) is 63.1 Å². The van der Waals surface area contributed by atoms with Crippen LogP contribution < -0.4 is 19.9 Å². The van der Waals surface area contributed by atoms with E-state index in [1.165, 1.54) is 10.5 Å². The molecule has 6 heteroatoms. The summed E-state index contributed by atoms with van der Waals surface area (Å²) in [6.07, 6.45) is 0.254. The predicted molar refractivity (Wildman–Crippen MR) is 113 cm³/mol. The predicted octanol–water partition coefficient (Wildman–Crippen LogP) is 1.54. The van der Waals surface area contributed by atoms with Gasteiger partial charge in [-0.3, -0.25) is 9.59 Å². The van der Waals surface area contributed by atoms with Crippen LogP contribution in [0.1, 0.15) is 31.4 Å². The summed E-state index contributed by atoms with van der Waals surface area (Å²) >= 11 is 0. The zero-order valence-electron chi connectivity index (χ0n) is 17.2. The van der Waals surface area contributed by atoms with Crippen molar-refractivity contribution in [2.75, 3.05) is 31.1 Å². The summed E-state index contributed by atoms with van der Waals surface area (Å²) in [4.78, 5) is 27.8. The molecule has 0 aromatic heterocycles. The van der Waals surface area contributed by atoms with Crippen molar-refractivity contribution in [2.24, 2.45) is 0 Å². The van der Waals surface area contributed by atoms with Crippen LogP contribution in [0.3, 0.4) is 0 Å². The average Bonchev–Trinajstić information content (AvgIpc) is 2.76. The molecule has 2 aromatic carbocycles. The quantitative estimate of drug-likeness (QED) is 0.676. The summed E-state index contributed by atoms with van der Waals surface area (Å²) in [5.41, 5.74) is 3.14. The Hall–Kier alpha value is -2.86. The van der Waals surface area contributed by atoms with E-state index in [1.807, 2.05) is 36.4 Å². The first kappa shape index (κ1) is 20.9. The molecule has 2 aromatic rings. The van der Waals surface area contributed by atoms with Crippen molar-refractivity contribution in [3.8, 4) is 5.75 Å². The maximum Gasteiger partial charge on any atom is 0.265 e. The fraction of sp³-hybridized carbons (Fsp3) is 0.391. The first-order chi connectivity index (χ1) is 14.1. The molecular weight excluding hydrogens is 366 g/mol. The van der Waals surface area contributed by atoms with Crippen molar-refractivity contribution in [1.29, 1.82) is 0 Å². The van der Waals surface area contributed by atoms with Crippen molar-refractivity contribution in [2.45, 2.75) is 33.4 Å². The number of amides is 2. The Balaban J connectivity index is 1.56. The molecule has 0 bridgehead atoms. The molecule has 0 atom stereocenters. The minimum absolute atomic E-state index is 0.0136. The number of nitrogens with one attached hydrogen (secondary N) is 2. The van der Waals surface area contributed by atoms with E-state index in [0.717, 1.165) is 30.9 Å². The van der Waals surface area contributed by atoms with Gasteiger partial charge in [-0.1, -0.05) is 36.4 Å². The van der Waals surface area contributed by atoms with Crippen molar-refractivity contribution in [3.63, 3.8) is 0 Å². The van der Waals surface area contributed by atoms with E-state index in [9.17, 15) is 9.59 Å². The van der Waals surface area contributed by atoms with Crippen molar-refractivity contribution < 1.29 is 19.2 Å². The number of quaternary nitrogens is 1. The highest BCUT2D eigenvalue weighted by Crippen LogP contribution is 2.31. The lowest BCUT2D eigenvalue weighted by Gasteiger charge is -2.29. The SMILES string of the molecule is CC[NH+](CC)Cc1ccccc1CNC(=O)CCN1C(=O)COc2ccccc21. The smallest absolute Gasteiger partial charge is 0.265 e. The molecule has 0 spiro atoms. The number of fused-ring (bicyclic) bond motifs is 1. The molecule has 1 aliphatic rings. The summed E-state index contributed by atoms with van der Waals surface area (Å²) in [6, 6.07) is 15.7. The Morgan fingerprint density at radius 2 is 1.76 bits per heavy atom. The fourth-order valence-corrected chi connectivity index (χ4v) is 3.57. The number of anilines is 1. The maximum atomic E-state index is 12.4. The third-order valence-electron chi connectivity index (χ3n) is 5.41. The van der Waals surface area contributed by atoms with Gasteiger partial charge in [-0.15, -0.1) is 0 Å². The summed E-state index contributed by atoms with van der Waals surface area (Å²) < 4.78 is 5.45.